The molecule has 1 N–H and O–H groups in total. The van der Waals surface area contributed by atoms with E-state index in [9.17, 15) is 0 Å². The van der Waals surface area contributed by atoms with Crippen LogP contribution in [-0.4, -0.2) is 15.6 Å². The van der Waals surface area contributed by atoms with Crippen molar-refractivity contribution in [2.45, 2.75) is 38.8 Å². The van der Waals surface area contributed by atoms with Crippen LogP contribution in [0, 0.1) is 5.92 Å². The Morgan fingerprint density at radius 2 is 2.54 bits per heavy atom. The van der Waals surface area contributed by atoms with Crippen LogP contribution < -0.4 is 5.32 Å². The first kappa shape index (κ1) is 9.09. The lowest BCUT2D eigenvalue weighted by molar-refractivity contribution is 0.423. The zero-order chi connectivity index (χ0) is 9.10. The molecule has 1 aromatic rings. The van der Waals surface area contributed by atoms with E-state index >= 15 is 0 Å². The van der Waals surface area contributed by atoms with Crippen LogP contribution in [-0.2, 0) is 6.54 Å². The normalized spacial score (nSPS) is 28.1. The minimum absolute atomic E-state index is 0.696. The molecule has 13 heavy (non-hydrogen) atoms. The van der Waals surface area contributed by atoms with Crippen molar-refractivity contribution in [3.05, 3.63) is 11.1 Å². The van der Waals surface area contributed by atoms with Crippen LogP contribution in [0.3, 0.4) is 0 Å². The van der Waals surface area contributed by atoms with E-state index in [2.05, 4.69) is 21.8 Å². The molecule has 0 aromatic carbocycles. The largest absolute Gasteiger partial charge is 0.308 e. The molecule has 1 aliphatic carbocycles. The van der Waals surface area contributed by atoms with Crippen molar-refractivity contribution < 1.29 is 0 Å². The molecule has 1 aliphatic rings. The van der Waals surface area contributed by atoms with Crippen LogP contribution in [0.1, 0.15) is 31.9 Å². The maximum absolute atomic E-state index is 4.01. The van der Waals surface area contributed by atoms with Gasteiger partial charge < -0.3 is 5.32 Å². The van der Waals surface area contributed by atoms with Gasteiger partial charge in [-0.25, -0.2) is 0 Å². The second-order valence-corrected chi connectivity index (χ2v) is 4.40. The van der Waals surface area contributed by atoms with Crippen molar-refractivity contribution in [3.8, 4) is 0 Å². The van der Waals surface area contributed by atoms with E-state index in [4.69, 9.17) is 0 Å². The van der Waals surface area contributed by atoms with E-state index in [1.165, 1.54) is 30.8 Å². The van der Waals surface area contributed by atoms with E-state index in [-0.39, 0.29) is 0 Å². The zero-order valence-electron chi connectivity index (χ0n) is 7.86. The van der Waals surface area contributed by atoms with Crippen molar-refractivity contribution in [1.82, 2.24) is 14.9 Å². The molecule has 0 radical (unpaired) electrons. The molecule has 1 aromatic heterocycles. The summed E-state index contributed by atoms with van der Waals surface area (Å²) in [4.78, 5) is 0. The van der Waals surface area contributed by atoms with Gasteiger partial charge in [0.15, 0.2) is 0 Å². The average molecular weight is 197 g/mol. The van der Waals surface area contributed by atoms with Crippen molar-refractivity contribution in [3.63, 3.8) is 0 Å². The zero-order valence-corrected chi connectivity index (χ0v) is 8.68. The van der Waals surface area contributed by atoms with Gasteiger partial charge in [-0.1, -0.05) is 17.8 Å². The predicted octanol–water partition coefficient (Wildman–Crippen LogP) is 1.82. The van der Waals surface area contributed by atoms with Crippen LogP contribution >= 0.6 is 11.5 Å². The molecule has 0 aliphatic heterocycles. The standard InChI is InChI=1S/C9H15N3S/c1-7-3-2-4-9(7)10-5-8-6-13-12-11-8/h6-7,9-10H,2-5H2,1H3. The predicted molar refractivity (Wildman–Crippen MR) is 53.6 cm³/mol. The average Bonchev–Trinajstić information content (AvgIpc) is 2.72. The summed E-state index contributed by atoms with van der Waals surface area (Å²) in [6.45, 7) is 3.20. The molecule has 0 saturated heterocycles. The molecule has 1 heterocycles. The van der Waals surface area contributed by atoms with Crippen molar-refractivity contribution >= 4 is 11.5 Å². The number of hydrogen-bond acceptors (Lipinski definition) is 4. The summed E-state index contributed by atoms with van der Waals surface area (Å²) >= 11 is 1.42. The molecule has 1 saturated carbocycles. The quantitative estimate of drug-likeness (QED) is 0.803. The van der Waals surface area contributed by atoms with Crippen LogP contribution in [0.5, 0.6) is 0 Å². The molecule has 2 rings (SSSR count). The fourth-order valence-corrected chi connectivity index (χ4v) is 2.40. The minimum atomic E-state index is 0.696. The van der Waals surface area contributed by atoms with Crippen molar-refractivity contribution in [2.24, 2.45) is 5.92 Å². The Hall–Kier alpha value is -0.480. The number of nitrogens with one attached hydrogen (secondary N) is 1. The van der Waals surface area contributed by atoms with Gasteiger partial charge in [-0.05, 0) is 30.3 Å². The van der Waals surface area contributed by atoms with E-state index < -0.39 is 0 Å². The smallest absolute Gasteiger partial charge is 0.0893 e. The third kappa shape index (κ3) is 2.25. The van der Waals surface area contributed by atoms with Crippen LogP contribution in [0.2, 0.25) is 0 Å². The first-order chi connectivity index (χ1) is 6.36. The summed E-state index contributed by atoms with van der Waals surface area (Å²) in [5, 5.41) is 9.55. The monoisotopic (exact) mass is 197 g/mol. The highest BCUT2D eigenvalue weighted by Gasteiger charge is 2.22. The molecule has 0 bridgehead atoms. The van der Waals surface area contributed by atoms with E-state index in [0.717, 1.165) is 18.2 Å². The molecule has 2 atom stereocenters. The molecule has 2 unspecified atom stereocenters. The Kier molecular flexibility index (Phi) is 2.90. The first-order valence-corrected chi connectivity index (χ1v) is 5.69. The third-order valence-electron chi connectivity index (χ3n) is 2.81. The van der Waals surface area contributed by atoms with Gasteiger partial charge in [0.1, 0.15) is 0 Å². The summed E-state index contributed by atoms with van der Waals surface area (Å²) in [6, 6.07) is 0.696. The van der Waals surface area contributed by atoms with Crippen LogP contribution in [0.15, 0.2) is 5.38 Å². The lowest BCUT2D eigenvalue weighted by Gasteiger charge is -2.15. The molecular weight excluding hydrogens is 182 g/mol. The number of hydrogen-bond donors (Lipinski definition) is 1. The third-order valence-corrected chi connectivity index (χ3v) is 3.37. The Bertz CT molecular complexity index is 247. The SMILES string of the molecule is CC1CCCC1NCc1csnn1. The van der Waals surface area contributed by atoms with Gasteiger partial charge in [0.2, 0.25) is 0 Å². The lowest BCUT2D eigenvalue weighted by atomic mass is 10.1. The van der Waals surface area contributed by atoms with Gasteiger partial charge in [0.25, 0.3) is 0 Å². The van der Waals surface area contributed by atoms with Gasteiger partial charge in [0, 0.05) is 18.0 Å². The number of aromatic nitrogens is 2. The maximum atomic E-state index is 4.01. The second kappa shape index (κ2) is 4.15. The molecular formula is C9H15N3S. The van der Waals surface area contributed by atoms with E-state index in [1.807, 2.05) is 5.38 Å². The summed E-state index contributed by atoms with van der Waals surface area (Å²) in [5.74, 6) is 0.826. The summed E-state index contributed by atoms with van der Waals surface area (Å²) < 4.78 is 3.84. The van der Waals surface area contributed by atoms with Gasteiger partial charge >= 0.3 is 0 Å². The number of rotatable bonds is 3. The van der Waals surface area contributed by atoms with Crippen molar-refractivity contribution in [2.75, 3.05) is 0 Å². The second-order valence-electron chi connectivity index (χ2n) is 3.79. The Labute approximate surface area is 82.7 Å². The molecule has 4 heteroatoms. The van der Waals surface area contributed by atoms with Gasteiger partial charge in [0.05, 0.1) is 5.69 Å². The fraction of sp³-hybridized carbons (Fsp3) is 0.778. The first-order valence-electron chi connectivity index (χ1n) is 4.85. The summed E-state index contributed by atoms with van der Waals surface area (Å²) in [5.41, 5.74) is 1.07. The summed E-state index contributed by atoms with van der Waals surface area (Å²) in [7, 11) is 0. The maximum Gasteiger partial charge on any atom is 0.0893 e. The van der Waals surface area contributed by atoms with Gasteiger partial charge in [-0.3, -0.25) is 0 Å². The number of nitrogens with zero attached hydrogens (tertiary/aromatic N) is 2. The van der Waals surface area contributed by atoms with Crippen LogP contribution in [0.4, 0.5) is 0 Å². The Balaban J connectivity index is 1.79. The molecule has 0 spiro atoms. The molecule has 0 amide bonds. The topological polar surface area (TPSA) is 37.8 Å². The lowest BCUT2D eigenvalue weighted by Crippen LogP contribution is -2.30. The molecule has 1 fully saturated rings. The van der Waals surface area contributed by atoms with E-state index in [1.54, 1.807) is 0 Å². The highest BCUT2D eigenvalue weighted by molar-refractivity contribution is 7.03. The highest BCUT2D eigenvalue weighted by atomic mass is 32.1. The van der Waals surface area contributed by atoms with E-state index in [0.29, 0.717) is 6.04 Å². The molecule has 3 nitrogen and oxygen atoms in total. The van der Waals surface area contributed by atoms with Gasteiger partial charge in [-0.2, -0.15) is 0 Å². The van der Waals surface area contributed by atoms with Crippen molar-refractivity contribution in [1.29, 1.82) is 0 Å². The Morgan fingerprint density at radius 1 is 1.62 bits per heavy atom. The fourth-order valence-electron chi connectivity index (χ4n) is 1.95. The minimum Gasteiger partial charge on any atom is -0.308 e. The molecule has 72 valence electrons. The van der Waals surface area contributed by atoms with Gasteiger partial charge in [-0.15, -0.1) is 5.10 Å². The summed E-state index contributed by atoms with van der Waals surface area (Å²) in [6.07, 6.45) is 4.06. The highest BCUT2D eigenvalue weighted by Crippen LogP contribution is 2.24. The van der Waals surface area contributed by atoms with Crippen LogP contribution in [0.25, 0.3) is 0 Å². The Morgan fingerprint density at radius 3 is 3.15 bits per heavy atom.